The summed E-state index contributed by atoms with van der Waals surface area (Å²) >= 11 is 3.17. The van der Waals surface area contributed by atoms with Crippen molar-refractivity contribution in [1.29, 1.82) is 0 Å². The lowest BCUT2D eigenvalue weighted by Crippen LogP contribution is -2.04. The highest BCUT2D eigenvalue weighted by Crippen LogP contribution is 2.40. The minimum atomic E-state index is -0.297. The van der Waals surface area contributed by atoms with Gasteiger partial charge in [-0.3, -0.25) is 0 Å². The van der Waals surface area contributed by atoms with Gasteiger partial charge in [0, 0.05) is 13.6 Å². The number of anilines is 2. The van der Waals surface area contributed by atoms with Crippen LogP contribution in [0.4, 0.5) is 15.8 Å². The van der Waals surface area contributed by atoms with Crippen molar-refractivity contribution in [3.63, 3.8) is 0 Å². The number of fused-ring (bicyclic) bond motifs is 1. The molecule has 0 radical (unpaired) electrons. The molecule has 1 heterocycles. The number of nitrogens with one attached hydrogen (secondary N) is 2. The van der Waals surface area contributed by atoms with Crippen LogP contribution >= 0.6 is 15.9 Å². The van der Waals surface area contributed by atoms with E-state index >= 15 is 0 Å². The number of rotatable bonds is 1. The molecule has 0 unspecified atom stereocenters. The Kier molecular flexibility index (Phi) is 3.00. The molecule has 1 aliphatic heterocycles. The van der Waals surface area contributed by atoms with Crippen molar-refractivity contribution in [2.45, 2.75) is 6.42 Å². The molecule has 0 aliphatic carbocycles. The average Bonchev–Trinajstić information content (AvgIpc) is 2.45. The topological polar surface area (TPSA) is 33.3 Å². The summed E-state index contributed by atoms with van der Waals surface area (Å²) in [5, 5.41) is 6.01. The molecule has 0 atom stereocenters. The Balaban J connectivity index is 2.56. The van der Waals surface area contributed by atoms with Gasteiger partial charge in [-0.25, -0.2) is 4.39 Å². The lowest BCUT2D eigenvalue weighted by Gasteiger charge is -2.14. The largest absolute Gasteiger partial charge is 0.491 e. The van der Waals surface area contributed by atoms with Crippen molar-refractivity contribution in [2.24, 2.45) is 0 Å². The highest BCUT2D eigenvalue weighted by atomic mass is 79.9. The van der Waals surface area contributed by atoms with E-state index in [0.717, 1.165) is 13.0 Å². The minimum Gasteiger partial charge on any atom is -0.491 e. The first-order chi connectivity index (χ1) is 7.24. The maximum absolute atomic E-state index is 13.7. The Hall–Kier alpha value is -0.970. The smallest absolute Gasteiger partial charge is 0.162 e. The van der Waals surface area contributed by atoms with Crippen LogP contribution in [0, 0.1) is 5.82 Å². The predicted molar refractivity (Wildman–Crippen MR) is 62.2 cm³/mol. The van der Waals surface area contributed by atoms with Gasteiger partial charge in [0.25, 0.3) is 0 Å². The van der Waals surface area contributed by atoms with E-state index < -0.39 is 0 Å². The summed E-state index contributed by atoms with van der Waals surface area (Å²) in [4.78, 5) is 0. The second-order valence-corrected chi connectivity index (χ2v) is 4.15. The van der Waals surface area contributed by atoms with Crippen molar-refractivity contribution in [2.75, 3.05) is 30.8 Å². The zero-order chi connectivity index (χ0) is 10.8. The molecule has 0 bridgehead atoms. The fourth-order valence-corrected chi connectivity index (χ4v) is 2.00. The van der Waals surface area contributed by atoms with Crippen LogP contribution in [0.2, 0.25) is 0 Å². The molecule has 5 heteroatoms. The summed E-state index contributed by atoms with van der Waals surface area (Å²) in [6.07, 6.45) is 0.914. The molecule has 0 spiro atoms. The summed E-state index contributed by atoms with van der Waals surface area (Å²) in [6.45, 7) is 1.45. The third-order valence-corrected chi connectivity index (χ3v) is 2.89. The van der Waals surface area contributed by atoms with Crippen LogP contribution in [-0.2, 0) is 0 Å². The molecular weight excluding hydrogens is 263 g/mol. The van der Waals surface area contributed by atoms with Crippen molar-refractivity contribution in [3.05, 3.63) is 16.4 Å². The summed E-state index contributed by atoms with van der Waals surface area (Å²) in [7, 11) is 1.69. The second-order valence-electron chi connectivity index (χ2n) is 3.30. The maximum Gasteiger partial charge on any atom is 0.162 e. The van der Waals surface area contributed by atoms with Gasteiger partial charge in [0.2, 0.25) is 0 Å². The van der Waals surface area contributed by atoms with Crippen molar-refractivity contribution in [1.82, 2.24) is 0 Å². The minimum absolute atomic E-state index is 0.297. The van der Waals surface area contributed by atoms with Crippen LogP contribution in [0.15, 0.2) is 10.5 Å². The molecule has 1 aromatic carbocycles. The van der Waals surface area contributed by atoms with Crippen molar-refractivity contribution in [3.8, 4) is 5.75 Å². The number of halogens is 2. The summed E-state index contributed by atoms with van der Waals surface area (Å²) in [6, 6.07) is 1.66. The first-order valence-corrected chi connectivity index (χ1v) is 5.59. The third kappa shape index (κ3) is 1.88. The van der Waals surface area contributed by atoms with Crippen molar-refractivity contribution >= 4 is 27.3 Å². The zero-order valence-electron chi connectivity index (χ0n) is 8.36. The number of hydrogen-bond donors (Lipinski definition) is 2. The fraction of sp³-hybridized carbons (Fsp3) is 0.400. The molecule has 1 aromatic rings. The van der Waals surface area contributed by atoms with E-state index in [1.807, 2.05) is 0 Å². The van der Waals surface area contributed by atoms with Crippen LogP contribution < -0.4 is 15.4 Å². The zero-order valence-corrected chi connectivity index (χ0v) is 9.95. The number of benzene rings is 1. The van der Waals surface area contributed by atoms with Gasteiger partial charge >= 0.3 is 0 Å². The van der Waals surface area contributed by atoms with Gasteiger partial charge in [0.1, 0.15) is 11.4 Å². The quantitative estimate of drug-likeness (QED) is 0.826. The van der Waals surface area contributed by atoms with Gasteiger partial charge in [-0.05, 0) is 28.4 Å². The molecule has 15 heavy (non-hydrogen) atoms. The van der Waals surface area contributed by atoms with Crippen LogP contribution in [0.3, 0.4) is 0 Å². The van der Waals surface area contributed by atoms with Crippen LogP contribution in [0.25, 0.3) is 0 Å². The normalized spacial score (nSPS) is 14.6. The molecule has 0 aromatic heterocycles. The van der Waals surface area contributed by atoms with E-state index in [-0.39, 0.29) is 5.82 Å². The van der Waals surface area contributed by atoms with Gasteiger partial charge in [-0.1, -0.05) is 0 Å². The molecule has 2 N–H and O–H groups in total. The Morgan fingerprint density at radius 2 is 2.40 bits per heavy atom. The molecule has 0 amide bonds. The maximum atomic E-state index is 13.7. The summed E-state index contributed by atoms with van der Waals surface area (Å²) in [5.41, 5.74) is 1.15. The third-order valence-electron chi connectivity index (χ3n) is 2.31. The SMILES string of the molecule is CNc1c(F)c(Br)cc2c1NCCCO2. The van der Waals surface area contributed by atoms with Crippen LogP contribution in [0.1, 0.15) is 6.42 Å². The number of hydrogen-bond acceptors (Lipinski definition) is 3. The Morgan fingerprint density at radius 1 is 1.60 bits per heavy atom. The number of ether oxygens (including phenoxy) is 1. The Labute approximate surface area is 96.1 Å². The lowest BCUT2D eigenvalue weighted by molar-refractivity contribution is 0.322. The van der Waals surface area contributed by atoms with Gasteiger partial charge in [-0.15, -0.1) is 0 Å². The first-order valence-electron chi connectivity index (χ1n) is 4.80. The van der Waals surface area contributed by atoms with E-state index in [1.54, 1.807) is 13.1 Å². The van der Waals surface area contributed by atoms with E-state index in [4.69, 9.17) is 4.74 Å². The molecule has 0 fully saturated rings. The highest BCUT2D eigenvalue weighted by Gasteiger charge is 2.18. The molecule has 3 nitrogen and oxygen atoms in total. The second kappa shape index (κ2) is 4.26. The first kappa shape index (κ1) is 10.5. The van der Waals surface area contributed by atoms with Gasteiger partial charge in [-0.2, -0.15) is 0 Å². The Morgan fingerprint density at radius 3 is 3.13 bits per heavy atom. The molecule has 2 rings (SSSR count). The standard InChI is InChI=1S/C10H12BrFN2O/c1-13-10-8(12)6(11)5-7-9(10)14-3-2-4-15-7/h5,13-14H,2-4H2,1H3. The van der Waals surface area contributed by atoms with Gasteiger partial charge in [0.05, 0.1) is 16.8 Å². The van der Waals surface area contributed by atoms with Crippen LogP contribution in [0.5, 0.6) is 5.75 Å². The van der Waals surface area contributed by atoms with E-state index in [1.165, 1.54) is 0 Å². The monoisotopic (exact) mass is 274 g/mol. The Bertz CT molecular complexity index is 384. The average molecular weight is 275 g/mol. The fourth-order valence-electron chi connectivity index (χ4n) is 1.59. The molecule has 0 saturated heterocycles. The van der Waals surface area contributed by atoms with Crippen molar-refractivity contribution < 1.29 is 9.13 Å². The molecule has 0 saturated carbocycles. The highest BCUT2D eigenvalue weighted by molar-refractivity contribution is 9.10. The van der Waals surface area contributed by atoms with Gasteiger partial charge < -0.3 is 15.4 Å². The molecular formula is C10H12BrFN2O. The van der Waals surface area contributed by atoms with E-state index in [0.29, 0.717) is 28.2 Å². The van der Waals surface area contributed by atoms with E-state index in [9.17, 15) is 4.39 Å². The summed E-state index contributed by atoms with van der Waals surface area (Å²) in [5.74, 6) is 0.388. The summed E-state index contributed by atoms with van der Waals surface area (Å²) < 4.78 is 19.7. The lowest BCUT2D eigenvalue weighted by atomic mass is 10.2. The molecule has 1 aliphatic rings. The van der Waals surface area contributed by atoms with Crippen LogP contribution in [-0.4, -0.2) is 20.2 Å². The van der Waals surface area contributed by atoms with Gasteiger partial charge in [0.15, 0.2) is 5.82 Å². The predicted octanol–water partition coefficient (Wildman–Crippen LogP) is 2.82. The van der Waals surface area contributed by atoms with E-state index in [2.05, 4.69) is 26.6 Å². The molecule has 82 valence electrons.